The molecule has 0 spiro atoms. The Labute approximate surface area is 105 Å². The molecular formula is C14H25N3. The Bertz CT molecular complexity index is 365. The van der Waals surface area contributed by atoms with E-state index < -0.39 is 0 Å². The highest BCUT2D eigenvalue weighted by Crippen LogP contribution is 2.37. The Hall–Kier alpha value is -0.830. The van der Waals surface area contributed by atoms with E-state index in [0.717, 1.165) is 6.54 Å². The Morgan fingerprint density at radius 3 is 2.88 bits per heavy atom. The average Bonchev–Trinajstić information content (AvgIpc) is 2.81. The van der Waals surface area contributed by atoms with Gasteiger partial charge < -0.3 is 9.88 Å². The molecule has 1 N–H and O–H groups in total. The third-order valence-electron chi connectivity index (χ3n) is 4.09. The predicted molar refractivity (Wildman–Crippen MR) is 70.9 cm³/mol. The number of imidazole rings is 1. The fraction of sp³-hybridized carbons (Fsp3) is 0.786. The standard InChI is InChI=1S/C14H25N3/c1-11(2)17-10-15-8-12(17)9-16-13-6-5-7-14(13,3)4/h8,10-11,13,16H,5-7,9H2,1-4H3. The van der Waals surface area contributed by atoms with Gasteiger partial charge in [0.2, 0.25) is 0 Å². The van der Waals surface area contributed by atoms with Crippen LogP contribution in [0.2, 0.25) is 0 Å². The van der Waals surface area contributed by atoms with Gasteiger partial charge in [-0.2, -0.15) is 0 Å². The van der Waals surface area contributed by atoms with Crippen LogP contribution in [0.5, 0.6) is 0 Å². The normalized spacial score (nSPS) is 23.5. The Balaban J connectivity index is 1.96. The molecule has 1 fully saturated rings. The van der Waals surface area contributed by atoms with Crippen LogP contribution < -0.4 is 5.32 Å². The third kappa shape index (κ3) is 2.71. The number of nitrogens with one attached hydrogen (secondary N) is 1. The highest BCUT2D eigenvalue weighted by Gasteiger charge is 2.33. The van der Waals surface area contributed by atoms with Crippen LogP contribution in [0.15, 0.2) is 12.5 Å². The van der Waals surface area contributed by atoms with E-state index in [-0.39, 0.29) is 0 Å². The van der Waals surface area contributed by atoms with Gasteiger partial charge >= 0.3 is 0 Å². The molecule has 1 atom stereocenters. The molecule has 0 aliphatic heterocycles. The van der Waals surface area contributed by atoms with Gasteiger partial charge in [-0.3, -0.25) is 0 Å². The minimum atomic E-state index is 0.447. The summed E-state index contributed by atoms with van der Waals surface area (Å²) in [6.45, 7) is 10.1. The van der Waals surface area contributed by atoms with Gasteiger partial charge in [0, 0.05) is 24.8 Å². The second kappa shape index (κ2) is 4.81. The number of hydrogen-bond acceptors (Lipinski definition) is 2. The van der Waals surface area contributed by atoms with E-state index >= 15 is 0 Å². The summed E-state index contributed by atoms with van der Waals surface area (Å²) in [5.74, 6) is 0. The molecule has 3 heteroatoms. The molecule has 1 aromatic rings. The van der Waals surface area contributed by atoms with E-state index in [1.54, 1.807) is 0 Å². The lowest BCUT2D eigenvalue weighted by Crippen LogP contribution is -2.37. The van der Waals surface area contributed by atoms with Crippen LogP contribution in [-0.2, 0) is 6.54 Å². The lowest BCUT2D eigenvalue weighted by atomic mass is 9.87. The van der Waals surface area contributed by atoms with E-state index in [1.807, 2.05) is 12.5 Å². The van der Waals surface area contributed by atoms with Crippen molar-refractivity contribution >= 4 is 0 Å². The highest BCUT2D eigenvalue weighted by molar-refractivity contribution is 5.01. The van der Waals surface area contributed by atoms with Crippen molar-refractivity contribution in [2.24, 2.45) is 5.41 Å². The molecule has 1 aliphatic rings. The Kier molecular flexibility index (Phi) is 3.57. The van der Waals surface area contributed by atoms with Crippen molar-refractivity contribution in [2.75, 3.05) is 0 Å². The Morgan fingerprint density at radius 1 is 1.53 bits per heavy atom. The predicted octanol–water partition coefficient (Wildman–Crippen LogP) is 3.13. The second-order valence-electron chi connectivity index (χ2n) is 6.20. The van der Waals surface area contributed by atoms with Crippen LogP contribution in [0.1, 0.15) is 58.7 Å². The van der Waals surface area contributed by atoms with Crippen molar-refractivity contribution in [1.29, 1.82) is 0 Å². The fourth-order valence-corrected chi connectivity index (χ4v) is 2.87. The summed E-state index contributed by atoms with van der Waals surface area (Å²) in [4.78, 5) is 4.25. The number of hydrogen-bond donors (Lipinski definition) is 1. The van der Waals surface area contributed by atoms with Crippen molar-refractivity contribution in [3.05, 3.63) is 18.2 Å². The third-order valence-corrected chi connectivity index (χ3v) is 4.09. The molecule has 1 unspecified atom stereocenters. The van der Waals surface area contributed by atoms with Crippen molar-refractivity contribution in [1.82, 2.24) is 14.9 Å². The van der Waals surface area contributed by atoms with Crippen LogP contribution >= 0.6 is 0 Å². The minimum Gasteiger partial charge on any atom is -0.331 e. The average molecular weight is 235 g/mol. The molecule has 3 nitrogen and oxygen atoms in total. The van der Waals surface area contributed by atoms with Crippen molar-refractivity contribution in [3.63, 3.8) is 0 Å². The molecule has 0 aromatic carbocycles. The fourth-order valence-electron chi connectivity index (χ4n) is 2.87. The summed E-state index contributed by atoms with van der Waals surface area (Å²) < 4.78 is 2.24. The van der Waals surface area contributed by atoms with Crippen LogP contribution in [-0.4, -0.2) is 15.6 Å². The second-order valence-corrected chi connectivity index (χ2v) is 6.20. The zero-order valence-electron chi connectivity index (χ0n) is 11.5. The van der Waals surface area contributed by atoms with E-state index in [2.05, 4.69) is 42.6 Å². The molecule has 1 aromatic heterocycles. The van der Waals surface area contributed by atoms with E-state index in [4.69, 9.17) is 0 Å². The van der Waals surface area contributed by atoms with Gasteiger partial charge in [-0.25, -0.2) is 4.98 Å². The molecule has 1 saturated carbocycles. The lowest BCUT2D eigenvalue weighted by Gasteiger charge is -2.28. The van der Waals surface area contributed by atoms with Gasteiger partial charge in [-0.05, 0) is 32.1 Å². The zero-order valence-corrected chi connectivity index (χ0v) is 11.5. The van der Waals surface area contributed by atoms with Crippen molar-refractivity contribution < 1.29 is 0 Å². The van der Waals surface area contributed by atoms with Gasteiger partial charge in [0.25, 0.3) is 0 Å². The monoisotopic (exact) mass is 235 g/mol. The molecule has 17 heavy (non-hydrogen) atoms. The highest BCUT2D eigenvalue weighted by atomic mass is 15.1. The largest absolute Gasteiger partial charge is 0.331 e. The summed E-state index contributed by atoms with van der Waals surface area (Å²) in [6, 6.07) is 1.14. The lowest BCUT2D eigenvalue weighted by molar-refractivity contribution is 0.280. The maximum atomic E-state index is 4.25. The van der Waals surface area contributed by atoms with E-state index in [0.29, 0.717) is 17.5 Å². The maximum absolute atomic E-state index is 4.25. The molecule has 1 heterocycles. The summed E-state index contributed by atoms with van der Waals surface area (Å²) in [7, 11) is 0. The van der Waals surface area contributed by atoms with Crippen molar-refractivity contribution in [3.8, 4) is 0 Å². The summed E-state index contributed by atoms with van der Waals surface area (Å²) >= 11 is 0. The topological polar surface area (TPSA) is 29.9 Å². The first-order chi connectivity index (χ1) is 8.00. The summed E-state index contributed by atoms with van der Waals surface area (Å²) in [5, 5.41) is 3.71. The molecule has 2 rings (SSSR count). The first-order valence-corrected chi connectivity index (χ1v) is 6.75. The van der Waals surface area contributed by atoms with Gasteiger partial charge in [0.1, 0.15) is 0 Å². The number of nitrogens with zero attached hydrogens (tertiary/aromatic N) is 2. The van der Waals surface area contributed by atoms with Crippen LogP contribution in [0, 0.1) is 5.41 Å². The molecule has 0 bridgehead atoms. The van der Waals surface area contributed by atoms with Crippen LogP contribution in [0.3, 0.4) is 0 Å². The molecule has 0 amide bonds. The van der Waals surface area contributed by atoms with Gasteiger partial charge in [0.05, 0.1) is 12.0 Å². The first kappa shape index (κ1) is 12.6. The maximum Gasteiger partial charge on any atom is 0.0951 e. The van der Waals surface area contributed by atoms with Gasteiger partial charge in [-0.1, -0.05) is 20.3 Å². The van der Waals surface area contributed by atoms with Gasteiger partial charge in [0.15, 0.2) is 0 Å². The molecule has 0 radical (unpaired) electrons. The van der Waals surface area contributed by atoms with Crippen LogP contribution in [0.25, 0.3) is 0 Å². The zero-order chi connectivity index (χ0) is 12.5. The molecular weight excluding hydrogens is 210 g/mol. The molecule has 1 aliphatic carbocycles. The van der Waals surface area contributed by atoms with Gasteiger partial charge in [-0.15, -0.1) is 0 Å². The Morgan fingerprint density at radius 2 is 2.29 bits per heavy atom. The summed E-state index contributed by atoms with van der Waals surface area (Å²) in [5.41, 5.74) is 1.74. The summed E-state index contributed by atoms with van der Waals surface area (Å²) in [6.07, 6.45) is 7.92. The SMILES string of the molecule is CC(C)n1cncc1CNC1CCCC1(C)C. The number of aromatic nitrogens is 2. The van der Waals surface area contributed by atoms with E-state index in [9.17, 15) is 0 Å². The quantitative estimate of drug-likeness (QED) is 0.869. The minimum absolute atomic E-state index is 0.447. The van der Waals surface area contributed by atoms with Crippen LogP contribution in [0.4, 0.5) is 0 Å². The number of rotatable bonds is 4. The first-order valence-electron chi connectivity index (χ1n) is 6.75. The molecule has 0 saturated heterocycles. The van der Waals surface area contributed by atoms with Crippen molar-refractivity contribution in [2.45, 2.75) is 65.6 Å². The van der Waals surface area contributed by atoms with E-state index in [1.165, 1.54) is 25.0 Å². The molecule has 96 valence electrons. The smallest absolute Gasteiger partial charge is 0.0951 e.